The van der Waals surface area contributed by atoms with Crippen LogP contribution in [0, 0.1) is 0 Å². The van der Waals surface area contributed by atoms with Crippen molar-refractivity contribution in [2.45, 2.75) is 22.1 Å². The number of nitrogens with one attached hydrogen (secondary N) is 2. The number of rotatable bonds is 3. The molecule has 6 nitrogen and oxygen atoms in total. The summed E-state index contributed by atoms with van der Waals surface area (Å²) in [5.41, 5.74) is 1.71. The molecule has 144 valence electrons. The van der Waals surface area contributed by atoms with E-state index in [1.807, 2.05) is 35.2 Å². The van der Waals surface area contributed by atoms with Crippen LogP contribution in [-0.2, 0) is 9.59 Å². The van der Waals surface area contributed by atoms with Gasteiger partial charge in [0.25, 0.3) is 11.8 Å². The van der Waals surface area contributed by atoms with Crippen molar-refractivity contribution >= 4 is 41.0 Å². The lowest BCUT2D eigenvalue weighted by atomic mass is 10.2. The number of benzene rings is 1. The second kappa shape index (κ2) is 8.16. The zero-order chi connectivity index (χ0) is 18.8. The molecule has 3 aliphatic rings. The first-order valence-corrected chi connectivity index (χ1v) is 11.2. The van der Waals surface area contributed by atoms with E-state index in [9.17, 15) is 9.59 Å². The normalized spacial score (nSPS) is 25.4. The van der Waals surface area contributed by atoms with Gasteiger partial charge in [-0.1, -0.05) is 30.0 Å². The fourth-order valence-electron chi connectivity index (χ4n) is 3.49. The first-order chi connectivity index (χ1) is 13.1. The number of fused-ring (bicyclic) bond motifs is 1. The molecule has 0 aliphatic carbocycles. The molecule has 1 saturated heterocycles. The smallest absolute Gasteiger partial charge is 0.254 e. The summed E-state index contributed by atoms with van der Waals surface area (Å²) in [6.07, 6.45) is 2.96. The monoisotopic (exact) mass is 404 g/mol. The van der Waals surface area contributed by atoms with Gasteiger partial charge in [-0.05, 0) is 32.1 Å². The molecule has 0 bridgehead atoms. The van der Waals surface area contributed by atoms with Crippen LogP contribution in [0.2, 0.25) is 0 Å². The lowest BCUT2D eigenvalue weighted by molar-refractivity contribution is -0.127. The van der Waals surface area contributed by atoms with Gasteiger partial charge in [0.1, 0.15) is 5.37 Å². The Morgan fingerprint density at radius 2 is 2.04 bits per heavy atom. The van der Waals surface area contributed by atoms with Crippen LogP contribution >= 0.6 is 23.5 Å². The number of hydrogen-bond acceptors (Lipinski definition) is 6. The van der Waals surface area contributed by atoms with Crippen LogP contribution in [0.3, 0.4) is 0 Å². The van der Waals surface area contributed by atoms with Crippen LogP contribution in [0.15, 0.2) is 40.8 Å². The van der Waals surface area contributed by atoms with Crippen LogP contribution < -0.4 is 10.6 Å². The summed E-state index contributed by atoms with van der Waals surface area (Å²) in [5, 5.41) is 5.69. The minimum atomic E-state index is -0.355. The SMILES string of the molecule is CN1CCCN(C(=O)C2=CCSC2NC(=O)C2Nc3ccccc3S2)CC1. The number of nitrogens with zero attached hydrogens (tertiary/aromatic N) is 2. The Bertz CT molecular complexity index is 745. The van der Waals surface area contributed by atoms with Gasteiger partial charge in [-0.25, -0.2) is 0 Å². The summed E-state index contributed by atoms with van der Waals surface area (Å²) in [7, 11) is 2.09. The minimum Gasteiger partial charge on any atom is -0.364 e. The van der Waals surface area contributed by atoms with E-state index in [0.29, 0.717) is 0 Å². The third-order valence-corrected chi connectivity index (χ3v) is 7.27. The first kappa shape index (κ1) is 18.7. The number of hydrogen-bond donors (Lipinski definition) is 2. The van der Waals surface area contributed by atoms with E-state index in [4.69, 9.17) is 0 Å². The van der Waals surface area contributed by atoms with Crippen molar-refractivity contribution in [1.82, 2.24) is 15.1 Å². The Morgan fingerprint density at radius 1 is 1.19 bits per heavy atom. The molecule has 1 fully saturated rings. The van der Waals surface area contributed by atoms with Crippen LogP contribution in [0.5, 0.6) is 0 Å². The highest BCUT2D eigenvalue weighted by atomic mass is 32.2. The van der Waals surface area contributed by atoms with Gasteiger partial charge in [0, 0.05) is 41.5 Å². The molecule has 0 spiro atoms. The van der Waals surface area contributed by atoms with E-state index in [0.717, 1.165) is 54.5 Å². The van der Waals surface area contributed by atoms with Crippen LogP contribution in [0.4, 0.5) is 5.69 Å². The Balaban J connectivity index is 1.37. The number of anilines is 1. The molecule has 8 heteroatoms. The Hall–Kier alpha value is -1.64. The topological polar surface area (TPSA) is 64.7 Å². The highest BCUT2D eigenvalue weighted by Crippen LogP contribution is 2.38. The molecule has 27 heavy (non-hydrogen) atoms. The molecule has 2 atom stereocenters. The van der Waals surface area contributed by atoms with Gasteiger partial charge in [0.05, 0.1) is 0 Å². The summed E-state index contributed by atoms with van der Waals surface area (Å²) in [5.74, 6) is 0.742. The predicted molar refractivity (Wildman–Crippen MR) is 111 cm³/mol. The van der Waals surface area contributed by atoms with Crippen molar-refractivity contribution in [2.75, 3.05) is 44.3 Å². The standard InChI is InChI=1S/C19H24N4O2S2/c1-22-8-4-9-23(11-10-22)19(25)13-7-12-26-17(13)21-16(24)18-20-14-5-2-3-6-15(14)27-18/h2-3,5-7,17-18,20H,4,8-12H2,1H3,(H,21,24). The lowest BCUT2D eigenvalue weighted by Gasteiger charge is -2.24. The molecule has 0 saturated carbocycles. The lowest BCUT2D eigenvalue weighted by Crippen LogP contribution is -2.44. The van der Waals surface area contributed by atoms with Crippen molar-refractivity contribution in [3.8, 4) is 0 Å². The number of likely N-dealkylation sites (N-methyl/N-ethyl adjacent to an activating group) is 1. The Morgan fingerprint density at radius 3 is 2.89 bits per heavy atom. The van der Waals surface area contributed by atoms with Gasteiger partial charge < -0.3 is 20.4 Å². The maximum absolute atomic E-state index is 13.0. The number of carbonyl (C=O) groups excluding carboxylic acids is 2. The zero-order valence-electron chi connectivity index (χ0n) is 15.3. The van der Waals surface area contributed by atoms with Crippen molar-refractivity contribution in [3.05, 3.63) is 35.9 Å². The molecule has 0 radical (unpaired) electrons. The van der Waals surface area contributed by atoms with Crippen LogP contribution in [-0.4, -0.2) is 71.3 Å². The second-order valence-corrected chi connectivity index (χ2v) is 9.25. The van der Waals surface area contributed by atoms with Gasteiger partial charge in [0.2, 0.25) is 0 Å². The maximum atomic E-state index is 13.0. The van der Waals surface area contributed by atoms with E-state index in [-0.39, 0.29) is 22.6 Å². The molecule has 2 unspecified atom stereocenters. The highest BCUT2D eigenvalue weighted by Gasteiger charge is 2.34. The van der Waals surface area contributed by atoms with Crippen molar-refractivity contribution in [3.63, 3.8) is 0 Å². The van der Waals surface area contributed by atoms with Crippen molar-refractivity contribution < 1.29 is 9.59 Å². The molecule has 3 aliphatic heterocycles. The van der Waals surface area contributed by atoms with Gasteiger partial charge in [-0.2, -0.15) is 0 Å². The summed E-state index contributed by atoms with van der Waals surface area (Å²) >= 11 is 3.12. The Labute approximate surface area is 168 Å². The number of thioether (sulfide) groups is 2. The summed E-state index contributed by atoms with van der Waals surface area (Å²) < 4.78 is 0. The van der Waals surface area contributed by atoms with E-state index in [1.54, 1.807) is 11.8 Å². The fourth-order valence-corrected chi connectivity index (χ4v) is 5.56. The van der Waals surface area contributed by atoms with Crippen LogP contribution in [0.25, 0.3) is 0 Å². The molecule has 2 N–H and O–H groups in total. The maximum Gasteiger partial charge on any atom is 0.254 e. The fraction of sp³-hybridized carbons (Fsp3) is 0.474. The third-order valence-electron chi connectivity index (χ3n) is 5.03. The quantitative estimate of drug-likeness (QED) is 0.801. The molecule has 0 aromatic heterocycles. The second-order valence-electron chi connectivity index (χ2n) is 6.97. The minimum absolute atomic E-state index is 0.0657. The molecule has 4 rings (SSSR count). The van der Waals surface area contributed by atoms with Crippen molar-refractivity contribution in [2.24, 2.45) is 0 Å². The van der Waals surface area contributed by atoms with E-state index < -0.39 is 0 Å². The van der Waals surface area contributed by atoms with Gasteiger partial charge in [0.15, 0.2) is 5.37 Å². The molecule has 2 amide bonds. The molecular formula is C19H24N4O2S2. The predicted octanol–water partition coefficient (Wildman–Crippen LogP) is 1.81. The van der Waals surface area contributed by atoms with Crippen molar-refractivity contribution in [1.29, 1.82) is 0 Å². The molecule has 3 heterocycles. The Kier molecular flexibility index (Phi) is 5.66. The van der Waals surface area contributed by atoms with Gasteiger partial charge in [-0.3, -0.25) is 9.59 Å². The summed E-state index contributed by atoms with van der Waals surface area (Å²) in [6.45, 7) is 3.43. The average molecular weight is 405 g/mol. The number of amides is 2. The van der Waals surface area contributed by atoms with Gasteiger partial charge in [-0.15, -0.1) is 11.8 Å². The highest BCUT2D eigenvalue weighted by molar-refractivity contribution is 8.01. The van der Waals surface area contributed by atoms with E-state index in [1.165, 1.54) is 11.8 Å². The van der Waals surface area contributed by atoms with E-state index >= 15 is 0 Å². The zero-order valence-corrected chi connectivity index (χ0v) is 16.9. The summed E-state index contributed by atoms with van der Waals surface area (Å²) in [6, 6.07) is 7.91. The van der Waals surface area contributed by atoms with Gasteiger partial charge >= 0.3 is 0 Å². The largest absolute Gasteiger partial charge is 0.364 e. The average Bonchev–Trinajstić information content (AvgIpc) is 3.24. The van der Waals surface area contributed by atoms with Crippen LogP contribution in [0.1, 0.15) is 6.42 Å². The molecular weight excluding hydrogens is 380 g/mol. The number of carbonyl (C=O) groups is 2. The first-order valence-electron chi connectivity index (χ1n) is 9.24. The number of para-hydroxylation sites is 1. The third kappa shape index (κ3) is 4.12. The van der Waals surface area contributed by atoms with E-state index in [2.05, 4.69) is 22.6 Å². The molecule has 1 aromatic carbocycles. The summed E-state index contributed by atoms with van der Waals surface area (Å²) in [4.78, 5) is 31.0. The molecule has 1 aromatic rings.